The predicted molar refractivity (Wildman–Crippen MR) is 107 cm³/mol. The van der Waals surface area contributed by atoms with Crippen molar-refractivity contribution in [3.8, 4) is 5.75 Å². The molecule has 0 bridgehead atoms. The molecule has 3 aromatic carbocycles. The Bertz CT molecular complexity index is 866. The van der Waals surface area contributed by atoms with E-state index >= 15 is 0 Å². The topological polar surface area (TPSA) is 49.3 Å². The van der Waals surface area contributed by atoms with Crippen molar-refractivity contribution >= 4 is 21.8 Å². The van der Waals surface area contributed by atoms with E-state index in [0.717, 1.165) is 21.2 Å². The third-order valence-corrected chi connectivity index (χ3v) is 4.78. The summed E-state index contributed by atoms with van der Waals surface area (Å²) in [7, 11) is 0. The van der Waals surface area contributed by atoms with Gasteiger partial charge in [0.25, 0.3) is 0 Å². The van der Waals surface area contributed by atoms with Crippen LogP contribution in [0.2, 0.25) is 0 Å². The van der Waals surface area contributed by atoms with Crippen molar-refractivity contribution in [2.75, 3.05) is 0 Å². The second-order valence-corrected chi connectivity index (χ2v) is 7.05. The SMILES string of the molecule is O=C(CC(c1ccccc1)c1cc(Br)ccc1O)NCc1ccccc1. The lowest BCUT2D eigenvalue weighted by atomic mass is 9.87. The summed E-state index contributed by atoms with van der Waals surface area (Å²) < 4.78 is 0.871. The highest BCUT2D eigenvalue weighted by atomic mass is 79.9. The first kappa shape index (κ1) is 18.2. The molecule has 0 aliphatic carbocycles. The number of hydrogen-bond acceptors (Lipinski definition) is 2. The fourth-order valence-electron chi connectivity index (χ4n) is 2.95. The van der Waals surface area contributed by atoms with Crippen molar-refractivity contribution < 1.29 is 9.90 Å². The van der Waals surface area contributed by atoms with Crippen LogP contribution in [-0.2, 0) is 11.3 Å². The molecular formula is C22H20BrNO2. The van der Waals surface area contributed by atoms with Crippen LogP contribution < -0.4 is 5.32 Å². The van der Waals surface area contributed by atoms with Crippen molar-refractivity contribution in [1.82, 2.24) is 5.32 Å². The molecule has 26 heavy (non-hydrogen) atoms. The standard InChI is InChI=1S/C22H20BrNO2/c23-18-11-12-21(25)20(13-18)19(17-9-5-2-6-10-17)14-22(26)24-15-16-7-3-1-4-8-16/h1-13,19,25H,14-15H2,(H,24,26). The highest BCUT2D eigenvalue weighted by Gasteiger charge is 2.21. The number of amides is 1. The van der Waals surface area contributed by atoms with Crippen LogP contribution in [0, 0.1) is 0 Å². The molecule has 0 saturated heterocycles. The molecule has 1 atom stereocenters. The Labute approximate surface area is 161 Å². The molecule has 1 unspecified atom stereocenters. The molecule has 4 heteroatoms. The largest absolute Gasteiger partial charge is 0.508 e. The number of carbonyl (C=O) groups excluding carboxylic acids is 1. The third kappa shape index (κ3) is 4.73. The molecular weight excluding hydrogens is 390 g/mol. The van der Waals surface area contributed by atoms with Crippen LogP contribution in [0.15, 0.2) is 83.3 Å². The Morgan fingerprint density at radius 2 is 1.62 bits per heavy atom. The Kier molecular flexibility index (Phi) is 6.08. The first-order chi connectivity index (χ1) is 12.6. The van der Waals surface area contributed by atoms with Crippen LogP contribution in [0.5, 0.6) is 5.75 Å². The van der Waals surface area contributed by atoms with E-state index in [1.54, 1.807) is 12.1 Å². The van der Waals surface area contributed by atoms with Gasteiger partial charge in [0.05, 0.1) is 0 Å². The average molecular weight is 410 g/mol. The quantitative estimate of drug-likeness (QED) is 0.601. The molecule has 3 aromatic rings. The van der Waals surface area contributed by atoms with E-state index in [9.17, 15) is 9.90 Å². The fourth-order valence-corrected chi connectivity index (χ4v) is 3.33. The smallest absolute Gasteiger partial charge is 0.221 e. The summed E-state index contributed by atoms with van der Waals surface area (Å²) in [6, 6.07) is 24.9. The number of phenols is 1. The van der Waals surface area contributed by atoms with E-state index in [1.807, 2.05) is 66.7 Å². The summed E-state index contributed by atoms with van der Waals surface area (Å²) in [6.45, 7) is 0.492. The van der Waals surface area contributed by atoms with Gasteiger partial charge in [-0.15, -0.1) is 0 Å². The monoisotopic (exact) mass is 409 g/mol. The van der Waals surface area contributed by atoms with Gasteiger partial charge >= 0.3 is 0 Å². The van der Waals surface area contributed by atoms with Gasteiger partial charge in [0, 0.05) is 28.9 Å². The van der Waals surface area contributed by atoms with E-state index in [2.05, 4.69) is 21.2 Å². The minimum absolute atomic E-state index is 0.0536. The fraction of sp³-hybridized carbons (Fsp3) is 0.136. The number of rotatable bonds is 6. The van der Waals surface area contributed by atoms with Crippen molar-refractivity contribution in [1.29, 1.82) is 0 Å². The predicted octanol–water partition coefficient (Wildman–Crippen LogP) is 4.99. The summed E-state index contributed by atoms with van der Waals surface area (Å²) in [5.41, 5.74) is 2.79. The van der Waals surface area contributed by atoms with Crippen LogP contribution in [0.3, 0.4) is 0 Å². The van der Waals surface area contributed by atoms with Gasteiger partial charge in [-0.1, -0.05) is 76.6 Å². The molecule has 0 aromatic heterocycles. The van der Waals surface area contributed by atoms with E-state index in [0.29, 0.717) is 6.54 Å². The van der Waals surface area contributed by atoms with Gasteiger partial charge in [-0.2, -0.15) is 0 Å². The zero-order chi connectivity index (χ0) is 18.4. The van der Waals surface area contributed by atoms with Gasteiger partial charge < -0.3 is 10.4 Å². The molecule has 2 N–H and O–H groups in total. The number of benzene rings is 3. The number of aromatic hydroxyl groups is 1. The molecule has 0 radical (unpaired) electrons. The normalized spacial score (nSPS) is 11.7. The highest BCUT2D eigenvalue weighted by molar-refractivity contribution is 9.10. The molecule has 0 aliphatic rings. The minimum Gasteiger partial charge on any atom is -0.508 e. The average Bonchev–Trinajstić information content (AvgIpc) is 2.68. The van der Waals surface area contributed by atoms with Crippen molar-refractivity contribution in [2.24, 2.45) is 0 Å². The van der Waals surface area contributed by atoms with E-state index in [-0.39, 0.29) is 24.0 Å². The van der Waals surface area contributed by atoms with Crippen LogP contribution in [0.4, 0.5) is 0 Å². The summed E-state index contributed by atoms with van der Waals surface area (Å²) in [6.07, 6.45) is 0.265. The maximum Gasteiger partial charge on any atom is 0.221 e. The Balaban J connectivity index is 1.80. The van der Waals surface area contributed by atoms with Crippen LogP contribution >= 0.6 is 15.9 Å². The molecule has 3 rings (SSSR count). The second-order valence-electron chi connectivity index (χ2n) is 6.13. The summed E-state index contributed by atoms with van der Waals surface area (Å²) in [5.74, 6) is -0.0792. The first-order valence-corrected chi connectivity index (χ1v) is 9.27. The Hall–Kier alpha value is -2.59. The molecule has 0 fully saturated rings. The van der Waals surface area contributed by atoms with Crippen LogP contribution in [0.25, 0.3) is 0 Å². The van der Waals surface area contributed by atoms with E-state index in [4.69, 9.17) is 0 Å². The van der Waals surface area contributed by atoms with Crippen molar-refractivity contribution in [3.05, 3.63) is 100 Å². The lowest BCUT2D eigenvalue weighted by molar-refractivity contribution is -0.121. The number of hydrogen-bond donors (Lipinski definition) is 2. The molecule has 1 amide bonds. The molecule has 0 heterocycles. The second kappa shape index (κ2) is 8.68. The van der Waals surface area contributed by atoms with Gasteiger partial charge in [-0.25, -0.2) is 0 Å². The van der Waals surface area contributed by atoms with Crippen LogP contribution in [-0.4, -0.2) is 11.0 Å². The third-order valence-electron chi connectivity index (χ3n) is 4.29. The number of halogens is 1. The maximum atomic E-state index is 12.6. The van der Waals surface area contributed by atoms with E-state index in [1.165, 1.54) is 0 Å². The summed E-state index contributed by atoms with van der Waals surface area (Å²) in [5, 5.41) is 13.3. The van der Waals surface area contributed by atoms with Crippen molar-refractivity contribution in [3.63, 3.8) is 0 Å². The number of phenolic OH excluding ortho intramolecular Hbond substituents is 1. The highest BCUT2D eigenvalue weighted by Crippen LogP contribution is 2.35. The van der Waals surface area contributed by atoms with Crippen molar-refractivity contribution in [2.45, 2.75) is 18.9 Å². The first-order valence-electron chi connectivity index (χ1n) is 8.47. The summed E-state index contributed by atoms with van der Waals surface area (Å²) >= 11 is 3.45. The Morgan fingerprint density at radius 3 is 2.31 bits per heavy atom. The molecule has 0 aliphatic heterocycles. The van der Waals surface area contributed by atoms with Gasteiger partial charge in [0.1, 0.15) is 5.75 Å². The molecule has 0 spiro atoms. The molecule has 3 nitrogen and oxygen atoms in total. The zero-order valence-corrected chi connectivity index (χ0v) is 15.8. The number of nitrogens with one attached hydrogen (secondary N) is 1. The lowest BCUT2D eigenvalue weighted by Crippen LogP contribution is -2.25. The Morgan fingerprint density at radius 1 is 0.962 bits per heavy atom. The lowest BCUT2D eigenvalue weighted by Gasteiger charge is -2.19. The van der Waals surface area contributed by atoms with E-state index < -0.39 is 0 Å². The zero-order valence-electron chi connectivity index (χ0n) is 14.2. The van der Waals surface area contributed by atoms with Gasteiger partial charge in [0.15, 0.2) is 0 Å². The molecule has 132 valence electrons. The number of carbonyl (C=O) groups is 1. The molecule has 0 saturated carbocycles. The van der Waals surface area contributed by atoms with Crippen LogP contribution in [0.1, 0.15) is 29.0 Å². The van der Waals surface area contributed by atoms with Gasteiger partial charge in [0.2, 0.25) is 5.91 Å². The maximum absolute atomic E-state index is 12.6. The minimum atomic E-state index is -0.218. The van der Waals surface area contributed by atoms with Gasteiger partial charge in [-0.3, -0.25) is 4.79 Å². The summed E-state index contributed by atoms with van der Waals surface area (Å²) in [4.78, 5) is 12.6. The van der Waals surface area contributed by atoms with Gasteiger partial charge in [-0.05, 0) is 29.3 Å².